The second-order valence-corrected chi connectivity index (χ2v) is 7.15. The second-order valence-electron chi connectivity index (χ2n) is 6.14. The van der Waals surface area contributed by atoms with Crippen molar-refractivity contribution >= 4 is 28.2 Å². The third kappa shape index (κ3) is 3.98. The van der Waals surface area contributed by atoms with E-state index < -0.39 is 0 Å². The van der Waals surface area contributed by atoms with Crippen LogP contribution in [0.5, 0.6) is 0 Å². The number of hydrogen-bond acceptors (Lipinski definition) is 7. The van der Waals surface area contributed by atoms with E-state index in [0.717, 1.165) is 29.2 Å². The number of carbonyl (C=O) groups excluding carboxylic acids is 1. The molecule has 0 aliphatic rings. The van der Waals surface area contributed by atoms with Gasteiger partial charge in [-0.15, -0.1) is 15.3 Å². The summed E-state index contributed by atoms with van der Waals surface area (Å²) in [5.41, 5.74) is 1.80. The molecule has 1 N–H and O–H groups in total. The molecular weight excluding hydrogens is 338 g/mol. The number of amides is 1. The standard InChI is InChI=1S/C16H21N7OS/c1-5-6-9(2)14-20-21-16(25-14)19-13(24)8-12-18-15-17-10(3)7-11(4)23(15)22-12/h7,9H,5-6,8H2,1-4H3,(H,19,21,24). The highest BCUT2D eigenvalue weighted by molar-refractivity contribution is 7.15. The SMILES string of the molecule is CCCC(C)c1nnc(NC(=O)Cc2nc3nc(C)cc(C)n3n2)s1. The smallest absolute Gasteiger partial charge is 0.252 e. The molecule has 9 heteroatoms. The van der Waals surface area contributed by atoms with Gasteiger partial charge in [-0.25, -0.2) is 9.50 Å². The summed E-state index contributed by atoms with van der Waals surface area (Å²) in [6, 6.07) is 1.92. The van der Waals surface area contributed by atoms with E-state index in [4.69, 9.17) is 0 Å². The molecule has 3 aromatic rings. The summed E-state index contributed by atoms with van der Waals surface area (Å²) in [7, 11) is 0. The van der Waals surface area contributed by atoms with E-state index in [9.17, 15) is 4.79 Å². The topological polar surface area (TPSA) is 98.0 Å². The van der Waals surface area contributed by atoms with Gasteiger partial charge < -0.3 is 5.32 Å². The monoisotopic (exact) mass is 359 g/mol. The Bertz CT molecular complexity index is 901. The molecule has 3 rings (SSSR count). The Morgan fingerprint density at radius 1 is 1.32 bits per heavy atom. The molecule has 3 aromatic heterocycles. The summed E-state index contributed by atoms with van der Waals surface area (Å²) in [5, 5.41) is 16.8. The van der Waals surface area contributed by atoms with Crippen LogP contribution in [0.15, 0.2) is 6.07 Å². The van der Waals surface area contributed by atoms with Crippen molar-refractivity contribution in [1.82, 2.24) is 29.8 Å². The Morgan fingerprint density at radius 2 is 2.12 bits per heavy atom. The molecule has 0 fully saturated rings. The Kier molecular flexibility index (Phi) is 5.03. The second kappa shape index (κ2) is 7.22. The van der Waals surface area contributed by atoms with Crippen molar-refractivity contribution < 1.29 is 4.79 Å². The van der Waals surface area contributed by atoms with Crippen LogP contribution in [0.25, 0.3) is 5.78 Å². The molecule has 3 heterocycles. The number of aromatic nitrogens is 6. The molecule has 1 atom stereocenters. The van der Waals surface area contributed by atoms with Crippen LogP contribution in [0, 0.1) is 13.8 Å². The Labute approximate surface area is 149 Å². The van der Waals surface area contributed by atoms with Crippen molar-refractivity contribution in [3.63, 3.8) is 0 Å². The number of anilines is 1. The van der Waals surface area contributed by atoms with Crippen LogP contribution in [-0.2, 0) is 11.2 Å². The maximum absolute atomic E-state index is 12.2. The minimum atomic E-state index is -0.212. The highest BCUT2D eigenvalue weighted by Gasteiger charge is 2.15. The first-order chi connectivity index (χ1) is 12.0. The van der Waals surface area contributed by atoms with Gasteiger partial charge in [0.1, 0.15) is 5.01 Å². The molecular formula is C16H21N7OS. The zero-order valence-electron chi connectivity index (χ0n) is 14.8. The predicted octanol–water partition coefficient (Wildman–Crippen LogP) is 2.68. The van der Waals surface area contributed by atoms with Crippen LogP contribution in [0.1, 0.15) is 54.8 Å². The van der Waals surface area contributed by atoms with Gasteiger partial charge in [-0.2, -0.15) is 4.98 Å². The molecule has 0 radical (unpaired) electrons. The van der Waals surface area contributed by atoms with Crippen molar-refractivity contribution in [3.05, 3.63) is 28.3 Å². The summed E-state index contributed by atoms with van der Waals surface area (Å²) in [6.45, 7) is 8.09. The zero-order valence-corrected chi connectivity index (χ0v) is 15.6. The third-order valence-electron chi connectivity index (χ3n) is 3.81. The summed E-state index contributed by atoms with van der Waals surface area (Å²) in [5.74, 6) is 1.08. The normalized spacial score (nSPS) is 12.5. The quantitative estimate of drug-likeness (QED) is 0.726. The van der Waals surface area contributed by atoms with Gasteiger partial charge >= 0.3 is 0 Å². The van der Waals surface area contributed by atoms with E-state index in [-0.39, 0.29) is 12.3 Å². The van der Waals surface area contributed by atoms with E-state index in [0.29, 0.717) is 22.7 Å². The van der Waals surface area contributed by atoms with E-state index in [1.807, 2.05) is 19.9 Å². The van der Waals surface area contributed by atoms with Gasteiger partial charge in [0.25, 0.3) is 5.78 Å². The minimum Gasteiger partial charge on any atom is -0.300 e. The van der Waals surface area contributed by atoms with Gasteiger partial charge in [0.05, 0.1) is 6.42 Å². The zero-order chi connectivity index (χ0) is 18.0. The maximum atomic E-state index is 12.2. The molecule has 0 saturated carbocycles. The average molecular weight is 359 g/mol. The average Bonchev–Trinajstić information content (AvgIpc) is 3.14. The fourth-order valence-corrected chi connectivity index (χ4v) is 3.48. The lowest BCUT2D eigenvalue weighted by molar-refractivity contribution is -0.115. The van der Waals surface area contributed by atoms with Crippen LogP contribution in [0.3, 0.4) is 0 Å². The van der Waals surface area contributed by atoms with Crippen LogP contribution in [0.2, 0.25) is 0 Å². The van der Waals surface area contributed by atoms with Crippen molar-refractivity contribution in [3.8, 4) is 0 Å². The predicted molar refractivity (Wildman–Crippen MR) is 95.8 cm³/mol. The van der Waals surface area contributed by atoms with Gasteiger partial charge in [0.2, 0.25) is 11.0 Å². The molecule has 0 aromatic carbocycles. The number of hydrogen-bond donors (Lipinski definition) is 1. The molecule has 1 unspecified atom stereocenters. The maximum Gasteiger partial charge on any atom is 0.252 e. The summed E-state index contributed by atoms with van der Waals surface area (Å²) < 4.78 is 1.64. The highest BCUT2D eigenvalue weighted by Crippen LogP contribution is 2.26. The first-order valence-corrected chi connectivity index (χ1v) is 9.11. The van der Waals surface area contributed by atoms with Crippen LogP contribution in [-0.4, -0.2) is 35.7 Å². The van der Waals surface area contributed by atoms with Gasteiger partial charge in [0.15, 0.2) is 5.82 Å². The number of aryl methyl sites for hydroxylation is 2. The van der Waals surface area contributed by atoms with E-state index in [2.05, 4.69) is 44.4 Å². The summed E-state index contributed by atoms with van der Waals surface area (Å²) >= 11 is 1.42. The molecule has 0 bridgehead atoms. The molecule has 0 saturated heterocycles. The molecule has 25 heavy (non-hydrogen) atoms. The minimum absolute atomic E-state index is 0.0707. The number of carbonyl (C=O) groups is 1. The Balaban J connectivity index is 1.68. The van der Waals surface area contributed by atoms with Crippen LogP contribution >= 0.6 is 11.3 Å². The number of rotatable bonds is 6. The lowest BCUT2D eigenvalue weighted by Crippen LogP contribution is -2.15. The molecule has 1 amide bonds. The van der Waals surface area contributed by atoms with Gasteiger partial charge in [-0.05, 0) is 26.3 Å². The molecule has 132 valence electrons. The van der Waals surface area contributed by atoms with Crippen LogP contribution < -0.4 is 5.32 Å². The Morgan fingerprint density at radius 3 is 2.88 bits per heavy atom. The molecule has 0 aliphatic carbocycles. The first-order valence-electron chi connectivity index (χ1n) is 8.29. The largest absolute Gasteiger partial charge is 0.300 e. The fourth-order valence-electron chi connectivity index (χ4n) is 2.63. The van der Waals surface area contributed by atoms with E-state index in [1.54, 1.807) is 4.52 Å². The molecule has 8 nitrogen and oxygen atoms in total. The first kappa shape index (κ1) is 17.4. The molecule has 0 aliphatic heterocycles. The van der Waals surface area contributed by atoms with E-state index >= 15 is 0 Å². The van der Waals surface area contributed by atoms with Crippen molar-refractivity contribution in [2.24, 2.45) is 0 Å². The lowest BCUT2D eigenvalue weighted by atomic mass is 10.1. The van der Waals surface area contributed by atoms with Crippen molar-refractivity contribution in [2.75, 3.05) is 5.32 Å². The van der Waals surface area contributed by atoms with Gasteiger partial charge in [-0.1, -0.05) is 31.6 Å². The number of nitrogens with one attached hydrogen (secondary N) is 1. The summed E-state index contributed by atoms with van der Waals surface area (Å²) in [6.07, 6.45) is 2.22. The highest BCUT2D eigenvalue weighted by atomic mass is 32.1. The van der Waals surface area contributed by atoms with E-state index in [1.165, 1.54) is 11.3 Å². The Hall–Kier alpha value is -2.42. The van der Waals surface area contributed by atoms with Crippen molar-refractivity contribution in [1.29, 1.82) is 0 Å². The van der Waals surface area contributed by atoms with Crippen LogP contribution in [0.4, 0.5) is 5.13 Å². The van der Waals surface area contributed by atoms with Crippen molar-refractivity contribution in [2.45, 2.75) is 52.9 Å². The lowest BCUT2D eigenvalue weighted by Gasteiger charge is -2.03. The molecule has 0 spiro atoms. The van der Waals surface area contributed by atoms with Gasteiger partial charge in [-0.3, -0.25) is 4.79 Å². The fraction of sp³-hybridized carbons (Fsp3) is 0.500. The van der Waals surface area contributed by atoms with Gasteiger partial charge in [0, 0.05) is 17.3 Å². The summed E-state index contributed by atoms with van der Waals surface area (Å²) in [4.78, 5) is 20.9. The number of nitrogens with zero attached hydrogens (tertiary/aromatic N) is 6. The number of fused-ring (bicyclic) bond motifs is 1. The third-order valence-corrected chi connectivity index (χ3v) is 4.88.